The summed E-state index contributed by atoms with van der Waals surface area (Å²) in [7, 11) is 1.33. The van der Waals surface area contributed by atoms with E-state index in [2.05, 4.69) is 5.32 Å². The normalized spacial score (nSPS) is 15.2. The van der Waals surface area contributed by atoms with Crippen LogP contribution in [0, 0.1) is 0 Å². The lowest BCUT2D eigenvalue weighted by atomic mass is 9.93. The molecule has 2 amide bonds. The Hall–Kier alpha value is -3.45. The number of carbonyl (C=O) groups excluding carboxylic acids is 3. The second-order valence-electron chi connectivity index (χ2n) is 6.95. The fourth-order valence-corrected chi connectivity index (χ4v) is 4.16. The van der Waals surface area contributed by atoms with Gasteiger partial charge in [0.05, 0.1) is 12.0 Å². The summed E-state index contributed by atoms with van der Waals surface area (Å²) in [5, 5.41) is 4.65. The molecule has 0 saturated heterocycles. The standard InChI is InChI=1S/C23H20N2O4S/c1-29-23(28)19-13-16-5-2-3-6-17(16)14-25(19)22(27)15-8-10-18(11-9-15)24-21(26)20-7-4-12-30-20/h2-12,19H,13-14H2,1H3,(H,24,26). The fourth-order valence-electron chi connectivity index (χ4n) is 3.55. The van der Waals surface area contributed by atoms with E-state index in [0.717, 1.165) is 11.1 Å². The Kier molecular flexibility index (Phi) is 5.63. The molecule has 0 aliphatic carbocycles. The molecule has 2 heterocycles. The maximum Gasteiger partial charge on any atom is 0.328 e. The van der Waals surface area contributed by atoms with Gasteiger partial charge in [0.1, 0.15) is 6.04 Å². The molecule has 3 aromatic rings. The number of benzene rings is 2. The first-order valence-corrected chi connectivity index (χ1v) is 10.4. The molecule has 4 rings (SSSR count). The summed E-state index contributed by atoms with van der Waals surface area (Å²) < 4.78 is 4.94. The van der Waals surface area contributed by atoms with Gasteiger partial charge in [0, 0.05) is 24.2 Å². The monoisotopic (exact) mass is 420 g/mol. The number of nitrogens with zero attached hydrogens (tertiary/aromatic N) is 1. The van der Waals surface area contributed by atoms with Gasteiger partial charge in [-0.2, -0.15) is 0 Å². The van der Waals surface area contributed by atoms with Crippen molar-refractivity contribution in [2.45, 2.75) is 19.0 Å². The van der Waals surface area contributed by atoms with E-state index in [0.29, 0.717) is 29.1 Å². The van der Waals surface area contributed by atoms with Gasteiger partial charge in [-0.3, -0.25) is 9.59 Å². The van der Waals surface area contributed by atoms with Gasteiger partial charge in [-0.1, -0.05) is 30.3 Å². The van der Waals surface area contributed by atoms with Crippen molar-refractivity contribution < 1.29 is 19.1 Å². The van der Waals surface area contributed by atoms with Gasteiger partial charge < -0.3 is 15.0 Å². The molecule has 6 nitrogen and oxygen atoms in total. The van der Waals surface area contributed by atoms with Crippen LogP contribution in [0.4, 0.5) is 5.69 Å². The van der Waals surface area contributed by atoms with E-state index in [4.69, 9.17) is 4.74 Å². The summed E-state index contributed by atoms with van der Waals surface area (Å²) in [5.74, 6) is -0.879. The van der Waals surface area contributed by atoms with E-state index in [-0.39, 0.29) is 11.8 Å². The Labute approximate surface area is 178 Å². The Morgan fingerprint density at radius 1 is 1.00 bits per heavy atom. The fraction of sp³-hybridized carbons (Fsp3) is 0.174. The van der Waals surface area contributed by atoms with E-state index in [1.54, 1.807) is 35.2 Å². The van der Waals surface area contributed by atoms with Gasteiger partial charge in [0.15, 0.2) is 0 Å². The first-order valence-electron chi connectivity index (χ1n) is 9.47. The lowest BCUT2D eigenvalue weighted by Crippen LogP contribution is -2.49. The molecule has 0 spiro atoms. The second kappa shape index (κ2) is 8.51. The number of nitrogens with one attached hydrogen (secondary N) is 1. The molecular formula is C23H20N2O4S. The quantitative estimate of drug-likeness (QED) is 0.653. The third kappa shape index (κ3) is 3.97. The number of ether oxygens (including phenoxy) is 1. The highest BCUT2D eigenvalue weighted by molar-refractivity contribution is 7.12. The topological polar surface area (TPSA) is 75.7 Å². The average Bonchev–Trinajstić information content (AvgIpc) is 3.33. The Morgan fingerprint density at radius 3 is 2.40 bits per heavy atom. The van der Waals surface area contributed by atoms with Crippen LogP contribution in [0.2, 0.25) is 0 Å². The third-order valence-corrected chi connectivity index (χ3v) is 5.99. The molecule has 1 unspecified atom stereocenters. The zero-order valence-corrected chi connectivity index (χ0v) is 17.1. The van der Waals surface area contributed by atoms with E-state index in [1.165, 1.54) is 18.4 Å². The number of fused-ring (bicyclic) bond motifs is 1. The number of hydrogen-bond acceptors (Lipinski definition) is 5. The van der Waals surface area contributed by atoms with Crippen molar-refractivity contribution >= 4 is 34.8 Å². The Balaban J connectivity index is 1.53. The molecule has 7 heteroatoms. The van der Waals surface area contributed by atoms with Crippen LogP contribution in [0.15, 0.2) is 66.0 Å². The minimum Gasteiger partial charge on any atom is -0.467 e. The van der Waals surface area contributed by atoms with Crippen LogP contribution in [0.1, 0.15) is 31.2 Å². The summed E-state index contributed by atoms with van der Waals surface area (Å²) in [4.78, 5) is 39.9. The van der Waals surface area contributed by atoms with Gasteiger partial charge in [0.2, 0.25) is 0 Å². The number of rotatable bonds is 4. The van der Waals surface area contributed by atoms with Crippen LogP contribution in [-0.2, 0) is 22.5 Å². The number of thiophene rings is 1. The van der Waals surface area contributed by atoms with Crippen molar-refractivity contribution in [1.82, 2.24) is 4.90 Å². The van der Waals surface area contributed by atoms with E-state index >= 15 is 0 Å². The Morgan fingerprint density at radius 2 is 1.73 bits per heavy atom. The zero-order valence-electron chi connectivity index (χ0n) is 16.3. The summed E-state index contributed by atoms with van der Waals surface area (Å²) in [6.45, 7) is 0.339. The zero-order chi connectivity index (χ0) is 21.1. The van der Waals surface area contributed by atoms with Crippen LogP contribution in [0.5, 0.6) is 0 Å². The molecule has 0 fully saturated rings. The predicted octanol–water partition coefficient (Wildman–Crippen LogP) is 3.74. The highest BCUT2D eigenvalue weighted by atomic mass is 32.1. The average molecular weight is 420 g/mol. The summed E-state index contributed by atoms with van der Waals surface area (Å²) >= 11 is 1.36. The summed E-state index contributed by atoms with van der Waals surface area (Å²) in [6.07, 6.45) is 0.420. The molecule has 1 aromatic heterocycles. The van der Waals surface area contributed by atoms with Crippen LogP contribution in [0.3, 0.4) is 0 Å². The van der Waals surface area contributed by atoms with E-state index in [1.807, 2.05) is 35.7 Å². The first-order chi connectivity index (χ1) is 14.6. The second-order valence-corrected chi connectivity index (χ2v) is 7.90. The molecule has 1 aliphatic heterocycles. The van der Waals surface area contributed by atoms with Gasteiger partial charge in [0.25, 0.3) is 11.8 Å². The molecule has 30 heavy (non-hydrogen) atoms. The largest absolute Gasteiger partial charge is 0.467 e. The molecule has 1 atom stereocenters. The molecule has 0 radical (unpaired) electrons. The number of esters is 1. The highest BCUT2D eigenvalue weighted by Crippen LogP contribution is 2.26. The van der Waals surface area contributed by atoms with Crippen molar-refractivity contribution in [3.8, 4) is 0 Å². The smallest absolute Gasteiger partial charge is 0.328 e. The summed E-state index contributed by atoms with van der Waals surface area (Å²) in [5.41, 5.74) is 3.10. The molecule has 1 aliphatic rings. The number of hydrogen-bond donors (Lipinski definition) is 1. The van der Waals surface area contributed by atoms with Crippen molar-refractivity contribution in [1.29, 1.82) is 0 Å². The third-order valence-electron chi connectivity index (χ3n) is 5.12. The lowest BCUT2D eigenvalue weighted by molar-refractivity contribution is -0.146. The van der Waals surface area contributed by atoms with Gasteiger partial charge in [-0.05, 0) is 46.8 Å². The molecular weight excluding hydrogens is 400 g/mol. The number of amides is 2. The minimum absolute atomic E-state index is 0.192. The molecule has 0 saturated carbocycles. The van der Waals surface area contributed by atoms with E-state index < -0.39 is 12.0 Å². The molecule has 152 valence electrons. The van der Waals surface area contributed by atoms with Crippen molar-refractivity contribution in [2.24, 2.45) is 0 Å². The SMILES string of the molecule is COC(=O)C1Cc2ccccc2CN1C(=O)c1ccc(NC(=O)c2cccs2)cc1. The maximum atomic E-state index is 13.2. The molecule has 0 bridgehead atoms. The molecule has 2 aromatic carbocycles. The maximum absolute atomic E-state index is 13.2. The van der Waals surface area contributed by atoms with Crippen LogP contribution < -0.4 is 5.32 Å². The van der Waals surface area contributed by atoms with Gasteiger partial charge in [-0.25, -0.2) is 4.79 Å². The van der Waals surface area contributed by atoms with E-state index in [9.17, 15) is 14.4 Å². The molecule has 1 N–H and O–H groups in total. The van der Waals surface area contributed by atoms with Crippen molar-refractivity contribution in [3.05, 3.63) is 87.6 Å². The van der Waals surface area contributed by atoms with Crippen LogP contribution >= 0.6 is 11.3 Å². The van der Waals surface area contributed by atoms with Crippen LogP contribution in [-0.4, -0.2) is 35.8 Å². The summed E-state index contributed by atoms with van der Waals surface area (Å²) in [6, 6.07) is 17.4. The van der Waals surface area contributed by atoms with Crippen LogP contribution in [0.25, 0.3) is 0 Å². The first kappa shape index (κ1) is 19.8. The highest BCUT2D eigenvalue weighted by Gasteiger charge is 2.35. The van der Waals surface area contributed by atoms with Crippen molar-refractivity contribution in [3.63, 3.8) is 0 Å². The predicted molar refractivity (Wildman–Crippen MR) is 115 cm³/mol. The number of anilines is 1. The van der Waals surface area contributed by atoms with Gasteiger partial charge >= 0.3 is 5.97 Å². The minimum atomic E-state index is -0.671. The Bertz CT molecular complexity index is 1080. The number of methoxy groups -OCH3 is 1. The van der Waals surface area contributed by atoms with Crippen molar-refractivity contribution in [2.75, 3.05) is 12.4 Å². The van der Waals surface area contributed by atoms with Gasteiger partial charge in [-0.15, -0.1) is 11.3 Å². The number of carbonyl (C=O) groups is 3. The lowest BCUT2D eigenvalue weighted by Gasteiger charge is -2.35.